The van der Waals surface area contributed by atoms with E-state index < -0.39 is 5.41 Å². The minimum atomic E-state index is -0.444. The van der Waals surface area contributed by atoms with Gasteiger partial charge in [0.2, 0.25) is 0 Å². The van der Waals surface area contributed by atoms with Crippen LogP contribution in [0.4, 0.5) is 0 Å². The molecular formula is C40H40O4. The van der Waals surface area contributed by atoms with Crippen molar-refractivity contribution in [1.29, 1.82) is 0 Å². The first-order chi connectivity index (χ1) is 21.7. The molecule has 2 aliphatic carbocycles. The maximum absolute atomic E-state index is 6.46. The fourth-order valence-corrected chi connectivity index (χ4v) is 7.26. The lowest BCUT2D eigenvalue weighted by Gasteiger charge is -2.40. The van der Waals surface area contributed by atoms with Crippen molar-refractivity contribution in [2.75, 3.05) is 26.4 Å². The topological polar surface area (TPSA) is 43.5 Å². The standard InChI is InChI=1S/C40H40O4/c1-4-11-27-20-30(18-19-38(27)43-25-32-23-41-32)40(36-16-9-7-14-34(36)35-15-8-10-17-37(35)40)31-21-28(12-5-2)39(29(22-31)13-6-3)44-26-33-24-42-33/h4-10,14-22,32-34,36H,1-3,11-13,23-26H2. The number of hydrogen-bond donors (Lipinski definition) is 0. The molecule has 0 radical (unpaired) electrons. The third-order valence-corrected chi connectivity index (χ3v) is 9.33. The van der Waals surface area contributed by atoms with Gasteiger partial charge in [-0.1, -0.05) is 91.1 Å². The van der Waals surface area contributed by atoms with Crippen LogP contribution in [0.1, 0.15) is 44.9 Å². The third kappa shape index (κ3) is 5.16. The number of fused-ring (bicyclic) bond motifs is 3. The molecule has 0 amide bonds. The molecule has 2 aliphatic heterocycles. The second kappa shape index (κ2) is 12.1. The Kier molecular flexibility index (Phi) is 7.88. The summed E-state index contributed by atoms with van der Waals surface area (Å²) in [4.78, 5) is 0. The van der Waals surface area contributed by atoms with E-state index in [1.165, 1.54) is 22.3 Å². The molecule has 7 rings (SSSR count). The van der Waals surface area contributed by atoms with Crippen LogP contribution < -0.4 is 9.47 Å². The summed E-state index contributed by atoms with van der Waals surface area (Å²) in [6, 6.07) is 20.5. The first kappa shape index (κ1) is 28.6. The maximum Gasteiger partial charge on any atom is 0.126 e. The Bertz CT molecular complexity index is 1610. The quantitative estimate of drug-likeness (QED) is 0.145. The second-order valence-electron chi connectivity index (χ2n) is 12.2. The highest BCUT2D eigenvalue weighted by molar-refractivity contribution is 5.65. The molecule has 4 nitrogen and oxygen atoms in total. The Morgan fingerprint density at radius 1 is 0.727 bits per heavy atom. The Morgan fingerprint density at radius 3 is 2.02 bits per heavy atom. The van der Waals surface area contributed by atoms with Crippen molar-refractivity contribution in [1.82, 2.24) is 0 Å². The number of hydrogen-bond acceptors (Lipinski definition) is 4. The predicted octanol–water partition coefficient (Wildman–Crippen LogP) is 7.60. The minimum Gasteiger partial charge on any atom is -0.490 e. The Labute approximate surface area is 261 Å². The first-order valence-electron chi connectivity index (χ1n) is 15.7. The molecule has 2 heterocycles. The Morgan fingerprint density at radius 2 is 1.34 bits per heavy atom. The van der Waals surface area contributed by atoms with E-state index in [0.717, 1.165) is 47.8 Å². The molecule has 0 spiro atoms. The summed E-state index contributed by atoms with van der Waals surface area (Å²) in [5.41, 5.74) is 8.18. The van der Waals surface area contributed by atoms with Crippen LogP contribution in [0, 0.1) is 5.92 Å². The van der Waals surface area contributed by atoms with Gasteiger partial charge >= 0.3 is 0 Å². The van der Waals surface area contributed by atoms with Gasteiger partial charge in [-0.2, -0.15) is 0 Å². The van der Waals surface area contributed by atoms with Crippen LogP contribution >= 0.6 is 0 Å². The molecule has 0 bridgehead atoms. The van der Waals surface area contributed by atoms with Crippen molar-refractivity contribution in [2.45, 2.75) is 42.8 Å². The fourth-order valence-electron chi connectivity index (χ4n) is 7.26. The van der Waals surface area contributed by atoms with E-state index in [4.69, 9.17) is 18.9 Å². The molecule has 0 aromatic heterocycles. The number of benzene rings is 3. The van der Waals surface area contributed by atoms with Gasteiger partial charge in [0.15, 0.2) is 0 Å². The molecule has 3 aromatic carbocycles. The molecule has 4 heteroatoms. The zero-order chi connectivity index (χ0) is 30.1. The Balaban J connectivity index is 1.46. The van der Waals surface area contributed by atoms with Gasteiger partial charge in [0, 0.05) is 11.8 Å². The maximum atomic E-state index is 6.46. The molecule has 4 aliphatic rings. The highest BCUT2D eigenvalue weighted by Crippen LogP contribution is 2.60. The molecule has 224 valence electrons. The van der Waals surface area contributed by atoms with E-state index in [1.807, 2.05) is 18.2 Å². The SMILES string of the molecule is C=CCc1cc(C2(c3cc(CC=C)c(OCC4CO4)c(CC=C)c3)c3ccccc3C3C=CC=CC32)ccc1OCC1CO1. The van der Waals surface area contributed by atoms with Crippen LogP contribution in [0.2, 0.25) is 0 Å². The zero-order valence-corrected chi connectivity index (χ0v) is 25.3. The third-order valence-electron chi connectivity index (χ3n) is 9.33. The summed E-state index contributed by atoms with van der Waals surface area (Å²) in [6.45, 7) is 14.9. The van der Waals surface area contributed by atoms with Gasteiger partial charge in [-0.3, -0.25) is 0 Å². The molecule has 3 aromatic rings. The lowest BCUT2D eigenvalue weighted by atomic mass is 9.62. The van der Waals surface area contributed by atoms with E-state index in [-0.39, 0.29) is 24.0 Å². The molecule has 5 unspecified atom stereocenters. The molecule has 0 saturated carbocycles. The van der Waals surface area contributed by atoms with Crippen molar-refractivity contribution in [3.8, 4) is 11.5 Å². The lowest BCUT2D eigenvalue weighted by Crippen LogP contribution is -2.35. The van der Waals surface area contributed by atoms with Crippen LogP contribution in [0.15, 0.2) is 117 Å². The Hall–Kier alpha value is -4.12. The van der Waals surface area contributed by atoms with Crippen molar-refractivity contribution < 1.29 is 18.9 Å². The zero-order valence-electron chi connectivity index (χ0n) is 25.3. The van der Waals surface area contributed by atoms with Crippen molar-refractivity contribution >= 4 is 0 Å². The van der Waals surface area contributed by atoms with E-state index >= 15 is 0 Å². The van der Waals surface area contributed by atoms with Gasteiger partial charge in [0.05, 0.1) is 18.6 Å². The van der Waals surface area contributed by atoms with E-state index in [2.05, 4.69) is 98.6 Å². The van der Waals surface area contributed by atoms with Crippen molar-refractivity contribution in [3.63, 3.8) is 0 Å². The average molecular weight is 585 g/mol. The molecule has 5 atom stereocenters. The molecule has 2 saturated heterocycles. The molecular weight excluding hydrogens is 544 g/mol. The second-order valence-corrected chi connectivity index (χ2v) is 12.2. The van der Waals surface area contributed by atoms with Crippen LogP contribution in [0.5, 0.6) is 11.5 Å². The minimum absolute atomic E-state index is 0.173. The van der Waals surface area contributed by atoms with Gasteiger partial charge in [0.25, 0.3) is 0 Å². The van der Waals surface area contributed by atoms with Gasteiger partial charge in [-0.25, -0.2) is 0 Å². The molecule has 0 N–H and O–H groups in total. The van der Waals surface area contributed by atoms with Crippen LogP contribution in [0.25, 0.3) is 0 Å². The summed E-state index contributed by atoms with van der Waals surface area (Å²) in [7, 11) is 0. The summed E-state index contributed by atoms with van der Waals surface area (Å²) in [5, 5.41) is 0. The van der Waals surface area contributed by atoms with E-state index in [1.54, 1.807) is 0 Å². The van der Waals surface area contributed by atoms with E-state index in [9.17, 15) is 0 Å². The smallest absolute Gasteiger partial charge is 0.126 e. The number of epoxide rings is 2. The predicted molar refractivity (Wildman–Crippen MR) is 176 cm³/mol. The normalized spacial score (nSPS) is 25.5. The van der Waals surface area contributed by atoms with Gasteiger partial charge in [-0.05, 0) is 64.3 Å². The number of allylic oxidation sites excluding steroid dienone is 7. The summed E-state index contributed by atoms with van der Waals surface area (Å²) in [6.07, 6.45) is 17.6. The molecule has 2 fully saturated rings. The summed E-state index contributed by atoms with van der Waals surface area (Å²) in [5.74, 6) is 2.27. The largest absolute Gasteiger partial charge is 0.490 e. The fraction of sp³-hybridized carbons (Fsp3) is 0.300. The lowest BCUT2D eigenvalue weighted by molar-refractivity contribution is 0.259. The molecule has 44 heavy (non-hydrogen) atoms. The van der Waals surface area contributed by atoms with Crippen molar-refractivity contribution in [3.05, 3.63) is 156 Å². The highest BCUT2D eigenvalue weighted by atomic mass is 16.6. The first-order valence-corrected chi connectivity index (χ1v) is 15.7. The average Bonchev–Trinajstić information content (AvgIpc) is 3.99. The monoisotopic (exact) mass is 584 g/mol. The summed E-state index contributed by atoms with van der Waals surface area (Å²) < 4.78 is 23.6. The van der Waals surface area contributed by atoms with Crippen LogP contribution in [-0.2, 0) is 34.2 Å². The van der Waals surface area contributed by atoms with Gasteiger partial charge in [0.1, 0.15) is 36.9 Å². The highest BCUT2D eigenvalue weighted by Gasteiger charge is 2.53. The van der Waals surface area contributed by atoms with Crippen LogP contribution in [0.3, 0.4) is 0 Å². The van der Waals surface area contributed by atoms with E-state index in [0.29, 0.717) is 26.1 Å². The number of ether oxygens (including phenoxy) is 4. The number of rotatable bonds is 14. The van der Waals surface area contributed by atoms with Crippen molar-refractivity contribution in [2.24, 2.45) is 5.92 Å². The van der Waals surface area contributed by atoms with Gasteiger partial charge < -0.3 is 18.9 Å². The van der Waals surface area contributed by atoms with Gasteiger partial charge in [-0.15, -0.1) is 19.7 Å². The summed E-state index contributed by atoms with van der Waals surface area (Å²) >= 11 is 0. The van der Waals surface area contributed by atoms with Crippen LogP contribution in [-0.4, -0.2) is 38.6 Å².